The highest BCUT2D eigenvalue weighted by molar-refractivity contribution is 5.69. The molecule has 1 atom stereocenters. The van der Waals surface area contributed by atoms with E-state index in [4.69, 9.17) is 5.11 Å². The Hall–Kier alpha value is -0.570. The maximum atomic E-state index is 10.2. The van der Waals surface area contributed by atoms with Crippen LogP contribution in [-0.2, 0) is 4.79 Å². The third kappa shape index (κ3) is 3.97. The minimum absolute atomic E-state index is 0.273. The molecular weight excluding hydrogens is 118 g/mol. The molecule has 0 heterocycles. The van der Waals surface area contributed by atoms with Crippen molar-refractivity contribution in [3.63, 3.8) is 0 Å². The minimum atomic E-state index is -0.740. The van der Waals surface area contributed by atoms with E-state index in [1.54, 1.807) is 6.92 Å². The lowest BCUT2D eigenvalue weighted by atomic mass is 10.2. The second kappa shape index (κ2) is 4.32. The van der Waals surface area contributed by atoms with Crippen molar-refractivity contribution in [1.82, 2.24) is 5.32 Å². The van der Waals surface area contributed by atoms with Gasteiger partial charge in [-0.05, 0) is 6.54 Å². The molecule has 0 fully saturated rings. The van der Waals surface area contributed by atoms with Crippen molar-refractivity contribution in [1.29, 1.82) is 0 Å². The highest BCUT2D eigenvalue weighted by atomic mass is 16.4. The average Bonchev–Trinajstić information content (AvgIpc) is 1.82. The predicted molar refractivity (Wildman–Crippen MR) is 35.3 cm³/mol. The molecule has 0 aliphatic carbocycles. The Kier molecular flexibility index (Phi) is 4.05. The van der Waals surface area contributed by atoms with Gasteiger partial charge < -0.3 is 10.4 Å². The zero-order valence-electron chi connectivity index (χ0n) is 5.85. The Bertz CT molecular complexity index is 93.1. The molecule has 0 aliphatic rings. The summed E-state index contributed by atoms with van der Waals surface area (Å²) in [5.41, 5.74) is 0. The molecule has 0 aliphatic heterocycles. The summed E-state index contributed by atoms with van der Waals surface area (Å²) in [6.07, 6.45) is 0. The molecule has 2 N–H and O–H groups in total. The zero-order valence-corrected chi connectivity index (χ0v) is 5.85. The predicted octanol–water partition coefficient (Wildman–Crippen LogP) is 0.317. The summed E-state index contributed by atoms with van der Waals surface area (Å²) in [6.45, 7) is 5.03. The van der Waals surface area contributed by atoms with Crippen LogP contribution in [0.2, 0.25) is 0 Å². The van der Waals surface area contributed by atoms with E-state index in [1.807, 2.05) is 6.92 Å². The summed E-state index contributed by atoms with van der Waals surface area (Å²) >= 11 is 0. The van der Waals surface area contributed by atoms with Gasteiger partial charge in [-0.1, -0.05) is 13.8 Å². The second-order valence-electron chi connectivity index (χ2n) is 2.05. The molecule has 0 bridgehead atoms. The SMILES string of the molecule is CCNCC(C)C(=O)O. The van der Waals surface area contributed by atoms with Crippen LogP contribution in [0.15, 0.2) is 0 Å². The summed E-state index contributed by atoms with van der Waals surface area (Å²) in [6, 6.07) is 0. The molecule has 0 saturated heterocycles. The van der Waals surface area contributed by atoms with Gasteiger partial charge in [0.15, 0.2) is 0 Å². The van der Waals surface area contributed by atoms with E-state index in [9.17, 15) is 4.79 Å². The average molecular weight is 131 g/mol. The third-order valence-corrected chi connectivity index (χ3v) is 1.12. The molecule has 0 aromatic heterocycles. The standard InChI is InChI=1S/C6H13NO2/c1-3-7-4-5(2)6(8)9/h5,7H,3-4H2,1-2H3,(H,8,9). The van der Waals surface area contributed by atoms with Crippen molar-refractivity contribution in [2.24, 2.45) is 5.92 Å². The molecule has 0 spiro atoms. The van der Waals surface area contributed by atoms with Crippen LogP contribution in [0.1, 0.15) is 13.8 Å². The number of carbonyl (C=O) groups is 1. The van der Waals surface area contributed by atoms with Crippen molar-refractivity contribution in [2.45, 2.75) is 13.8 Å². The molecule has 3 nitrogen and oxygen atoms in total. The van der Waals surface area contributed by atoms with E-state index in [-0.39, 0.29) is 5.92 Å². The maximum absolute atomic E-state index is 10.2. The minimum Gasteiger partial charge on any atom is -0.481 e. The van der Waals surface area contributed by atoms with Crippen LogP contribution >= 0.6 is 0 Å². The fourth-order valence-corrected chi connectivity index (χ4v) is 0.448. The smallest absolute Gasteiger partial charge is 0.307 e. The monoisotopic (exact) mass is 131 g/mol. The molecule has 9 heavy (non-hydrogen) atoms. The topological polar surface area (TPSA) is 49.3 Å². The van der Waals surface area contributed by atoms with E-state index in [0.717, 1.165) is 6.54 Å². The van der Waals surface area contributed by atoms with Gasteiger partial charge in [0.2, 0.25) is 0 Å². The van der Waals surface area contributed by atoms with Crippen molar-refractivity contribution >= 4 is 5.97 Å². The number of hydrogen-bond donors (Lipinski definition) is 2. The van der Waals surface area contributed by atoms with Crippen LogP contribution in [0.4, 0.5) is 0 Å². The van der Waals surface area contributed by atoms with Crippen LogP contribution in [-0.4, -0.2) is 24.2 Å². The number of nitrogens with one attached hydrogen (secondary N) is 1. The third-order valence-electron chi connectivity index (χ3n) is 1.12. The molecule has 1 unspecified atom stereocenters. The van der Waals surface area contributed by atoms with E-state index < -0.39 is 5.97 Å². The van der Waals surface area contributed by atoms with Gasteiger partial charge in [0.25, 0.3) is 0 Å². The van der Waals surface area contributed by atoms with Gasteiger partial charge in [-0.2, -0.15) is 0 Å². The summed E-state index contributed by atoms with van der Waals surface area (Å²) in [5, 5.41) is 11.3. The first-order chi connectivity index (χ1) is 4.18. The molecule has 0 aromatic carbocycles. The quantitative estimate of drug-likeness (QED) is 0.577. The summed E-state index contributed by atoms with van der Waals surface area (Å²) < 4.78 is 0. The molecule has 0 saturated carbocycles. The molecule has 0 aromatic rings. The van der Waals surface area contributed by atoms with Crippen LogP contribution < -0.4 is 5.32 Å². The first-order valence-corrected chi connectivity index (χ1v) is 3.12. The molecular formula is C6H13NO2. The first kappa shape index (κ1) is 8.43. The molecule has 0 amide bonds. The number of aliphatic carboxylic acids is 1. The molecule has 54 valence electrons. The van der Waals surface area contributed by atoms with Gasteiger partial charge >= 0.3 is 5.97 Å². The first-order valence-electron chi connectivity index (χ1n) is 3.12. The number of rotatable bonds is 4. The van der Waals surface area contributed by atoms with Crippen LogP contribution in [0.3, 0.4) is 0 Å². The lowest BCUT2D eigenvalue weighted by molar-refractivity contribution is -0.140. The normalized spacial score (nSPS) is 13.1. The number of hydrogen-bond acceptors (Lipinski definition) is 2. The Labute approximate surface area is 55.1 Å². The Morgan fingerprint density at radius 3 is 2.67 bits per heavy atom. The fraction of sp³-hybridized carbons (Fsp3) is 0.833. The lowest BCUT2D eigenvalue weighted by Crippen LogP contribution is -2.25. The van der Waals surface area contributed by atoms with Gasteiger partial charge in [0.1, 0.15) is 0 Å². The van der Waals surface area contributed by atoms with E-state index >= 15 is 0 Å². The largest absolute Gasteiger partial charge is 0.481 e. The van der Waals surface area contributed by atoms with Gasteiger partial charge in [0.05, 0.1) is 5.92 Å². The van der Waals surface area contributed by atoms with Crippen molar-refractivity contribution < 1.29 is 9.90 Å². The zero-order chi connectivity index (χ0) is 7.28. The Morgan fingerprint density at radius 2 is 2.33 bits per heavy atom. The number of carboxylic acids is 1. The van der Waals surface area contributed by atoms with Gasteiger partial charge in [-0.3, -0.25) is 4.79 Å². The van der Waals surface area contributed by atoms with Crippen molar-refractivity contribution in [3.05, 3.63) is 0 Å². The lowest BCUT2D eigenvalue weighted by Gasteiger charge is -2.04. The second-order valence-corrected chi connectivity index (χ2v) is 2.05. The summed E-state index contributed by atoms with van der Waals surface area (Å²) in [4.78, 5) is 10.2. The van der Waals surface area contributed by atoms with Crippen molar-refractivity contribution in [2.75, 3.05) is 13.1 Å². The maximum Gasteiger partial charge on any atom is 0.307 e. The van der Waals surface area contributed by atoms with Gasteiger partial charge in [0, 0.05) is 6.54 Å². The van der Waals surface area contributed by atoms with E-state index in [0.29, 0.717) is 6.54 Å². The van der Waals surface area contributed by atoms with Crippen LogP contribution in [0, 0.1) is 5.92 Å². The van der Waals surface area contributed by atoms with Gasteiger partial charge in [-0.15, -0.1) is 0 Å². The Balaban J connectivity index is 3.27. The van der Waals surface area contributed by atoms with Crippen molar-refractivity contribution in [3.8, 4) is 0 Å². The number of carboxylic acid groups (broad SMARTS) is 1. The Morgan fingerprint density at radius 1 is 1.78 bits per heavy atom. The van der Waals surface area contributed by atoms with Crippen LogP contribution in [0.5, 0.6) is 0 Å². The van der Waals surface area contributed by atoms with E-state index in [1.165, 1.54) is 0 Å². The highest BCUT2D eigenvalue weighted by Crippen LogP contribution is 1.89. The molecule has 3 heteroatoms. The highest BCUT2D eigenvalue weighted by Gasteiger charge is 2.07. The summed E-state index contributed by atoms with van der Waals surface area (Å²) in [7, 11) is 0. The fourth-order valence-electron chi connectivity index (χ4n) is 0.448. The summed E-state index contributed by atoms with van der Waals surface area (Å²) in [5.74, 6) is -1.01. The molecule has 0 radical (unpaired) electrons. The van der Waals surface area contributed by atoms with Crippen LogP contribution in [0.25, 0.3) is 0 Å². The van der Waals surface area contributed by atoms with E-state index in [2.05, 4.69) is 5.32 Å². The molecule has 0 rings (SSSR count). The van der Waals surface area contributed by atoms with Gasteiger partial charge in [-0.25, -0.2) is 0 Å².